The number of thiophene rings is 1. The van der Waals surface area contributed by atoms with Gasteiger partial charge in [0, 0.05) is 21.0 Å². The van der Waals surface area contributed by atoms with Gasteiger partial charge in [-0.25, -0.2) is 0 Å². The number of ether oxygens (including phenoxy) is 1. The van der Waals surface area contributed by atoms with Gasteiger partial charge in [-0.15, -0.1) is 23.1 Å². The van der Waals surface area contributed by atoms with Gasteiger partial charge in [-0.3, -0.25) is 0 Å². The maximum Gasteiger partial charge on any atom is 0.144 e. The van der Waals surface area contributed by atoms with E-state index in [4.69, 9.17) is 10.5 Å². The molecule has 2 rings (SSSR count). The Bertz CT molecular complexity index is 464. The number of rotatable bonds is 2. The van der Waals surface area contributed by atoms with Crippen molar-refractivity contribution in [2.75, 3.05) is 19.1 Å². The average molecular weight is 225 g/mol. The van der Waals surface area contributed by atoms with Gasteiger partial charge in [0.1, 0.15) is 5.75 Å². The molecule has 2 nitrogen and oxygen atoms in total. The van der Waals surface area contributed by atoms with Crippen LogP contribution in [0.5, 0.6) is 5.75 Å². The number of anilines is 1. The Balaban J connectivity index is 2.80. The van der Waals surface area contributed by atoms with Crippen LogP contribution in [0.25, 0.3) is 10.1 Å². The third-order valence-electron chi connectivity index (χ3n) is 2.14. The Kier molecular flexibility index (Phi) is 2.56. The predicted octanol–water partition coefficient (Wildman–Crippen LogP) is 3.21. The van der Waals surface area contributed by atoms with E-state index in [9.17, 15) is 0 Å². The van der Waals surface area contributed by atoms with Crippen molar-refractivity contribution in [3.8, 4) is 5.75 Å². The van der Waals surface area contributed by atoms with E-state index in [0.29, 0.717) is 0 Å². The minimum atomic E-state index is 0.742. The van der Waals surface area contributed by atoms with Crippen LogP contribution in [0.3, 0.4) is 0 Å². The van der Waals surface area contributed by atoms with E-state index in [2.05, 4.69) is 11.4 Å². The van der Waals surface area contributed by atoms with Crippen LogP contribution in [0.1, 0.15) is 0 Å². The molecule has 2 N–H and O–H groups in total. The molecule has 1 aromatic heterocycles. The van der Waals surface area contributed by atoms with Crippen molar-refractivity contribution in [1.29, 1.82) is 0 Å². The first kappa shape index (κ1) is 9.68. The first-order valence-electron chi connectivity index (χ1n) is 4.15. The van der Waals surface area contributed by atoms with Crippen LogP contribution in [0.2, 0.25) is 0 Å². The molecular formula is C10H11NOS2. The Labute approximate surface area is 91.1 Å². The molecule has 1 aromatic carbocycles. The summed E-state index contributed by atoms with van der Waals surface area (Å²) < 4.78 is 6.46. The highest BCUT2D eigenvalue weighted by Crippen LogP contribution is 2.40. The lowest BCUT2D eigenvalue weighted by molar-refractivity contribution is 0.417. The fourth-order valence-corrected chi connectivity index (χ4v) is 3.07. The third-order valence-corrected chi connectivity index (χ3v) is 3.85. The number of benzene rings is 1. The first-order chi connectivity index (χ1) is 6.77. The van der Waals surface area contributed by atoms with Gasteiger partial charge in [-0.1, -0.05) is 0 Å². The van der Waals surface area contributed by atoms with Crippen molar-refractivity contribution >= 4 is 38.9 Å². The quantitative estimate of drug-likeness (QED) is 0.629. The summed E-state index contributed by atoms with van der Waals surface area (Å²) in [6.07, 6.45) is 2.03. The second-order valence-electron chi connectivity index (χ2n) is 2.86. The molecule has 0 aliphatic carbocycles. The SMILES string of the molecule is COc1cc2sccc2c(SC)c1N. The predicted molar refractivity (Wildman–Crippen MR) is 64.6 cm³/mol. The largest absolute Gasteiger partial charge is 0.495 e. The van der Waals surface area contributed by atoms with Crippen molar-refractivity contribution in [3.63, 3.8) is 0 Å². The molecule has 0 bridgehead atoms. The van der Waals surface area contributed by atoms with Gasteiger partial charge in [-0.2, -0.15) is 0 Å². The van der Waals surface area contributed by atoms with Crippen molar-refractivity contribution in [3.05, 3.63) is 17.5 Å². The van der Waals surface area contributed by atoms with E-state index in [1.807, 2.05) is 12.3 Å². The molecule has 0 unspecified atom stereocenters. The van der Waals surface area contributed by atoms with E-state index >= 15 is 0 Å². The molecule has 0 saturated heterocycles. The molecule has 0 aliphatic heterocycles. The molecule has 14 heavy (non-hydrogen) atoms. The zero-order valence-electron chi connectivity index (χ0n) is 8.03. The van der Waals surface area contributed by atoms with Crippen LogP contribution in [0.4, 0.5) is 5.69 Å². The summed E-state index contributed by atoms with van der Waals surface area (Å²) in [7, 11) is 1.65. The Morgan fingerprint density at radius 1 is 1.50 bits per heavy atom. The first-order valence-corrected chi connectivity index (χ1v) is 6.26. The number of thioether (sulfide) groups is 1. The topological polar surface area (TPSA) is 35.2 Å². The summed E-state index contributed by atoms with van der Waals surface area (Å²) in [6, 6.07) is 4.09. The highest BCUT2D eigenvalue weighted by molar-refractivity contribution is 7.99. The van der Waals surface area contributed by atoms with Gasteiger partial charge >= 0.3 is 0 Å². The molecule has 0 radical (unpaired) electrons. The lowest BCUT2D eigenvalue weighted by Gasteiger charge is -2.09. The highest BCUT2D eigenvalue weighted by Gasteiger charge is 2.11. The number of hydrogen-bond donors (Lipinski definition) is 1. The number of nitrogens with two attached hydrogens (primary N) is 1. The lowest BCUT2D eigenvalue weighted by atomic mass is 10.2. The molecule has 0 amide bonds. The lowest BCUT2D eigenvalue weighted by Crippen LogP contribution is -1.94. The monoisotopic (exact) mass is 225 g/mol. The van der Waals surface area contributed by atoms with E-state index < -0.39 is 0 Å². The second-order valence-corrected chi connectivity index (χ2v) is 4.62. The van der Waals surface area contributed by atoms with E-state index in [-0.39, 0.29) is 0 Å². The zero-order valence-corrected chi connectivity index (χ0v) is 9.67. The maximum absolute atomic E-state index is 5.99. The van der Waals surface area contributed by atoms with E-state index in [0.717, 1.165) is 16.3 Å². The number of nitrogen functional groups attached to an aromatic ring is 1. The van der Waals surface area contributed by atoms with Crippen molar-refractivity contribution in [1.82, 2.24) is 0 Å². The second kappa shape index (κ2) is 3.71. The van der Waals surface area contributed by atoms with Crippen molar-refractivity contribution < 1.29 is 4.74 Å². The number of methoxy groups -OCH3 is 1. The molecule has 0 spiro atoms. The standard InChI is InChI=1S/C10H11NOS2/c1-12-7-5-8-6(3-4-14-8)10(13-2)9(7)11/h3-5H,11H2,1-2H3. The minimum absolute atomic E-state index is 0.742. The summed E-state index contributed by atoms with van der Waals surface area (Å²) in [5.41, 5.74) is 6.73. The highest BCUT2D eigenvalue weighted by atomic mass is 32.2. The van der Waals surface area contributed by atoms with Gasteiger partial charge in [0.15, 0.2) is 0 Å². The summed E-state index contributed by atoms with van der Waals surface area (Å²) in [5.74, 6) is 0.768. The normalized spacial score (nSPS) is 10.7. The van der Waals surface area contributed by atoms with Gasteiger partial charge in [0.05, 0.1) is 12.8 Å². The van der Waals surface area contributed by atoms with Gasteiger partial charge < -0.3 is 10.5 Å². The molecule has 1 heterocycles. The van der Waals surface area contributed by atoms with Crippen LogP contribution >= 0.6 is 23.1 Å². The van der Waals surface area contributed by atoms with Gasteiger partial charge in [0.2, 0.25) is 0 Å². The molecular weight excluding hydrogens is 214 g/mol. The summed E-state index contributed by atoms with van der Waals surface area (Å²) >= 11 is 3.37. The molecule has 0 aliphatic rings. The fourth-order valence-electron chi connectivity index (χ4n) is 1.46. The molecule has 0 atom stereocenters. The van der Waals surface area contributed by atoms with Crippen molar-refractivity contribution in [2.24, 2.45) is 0 Å². The molecule has 74 valence electrons. The number of hydrogen-bond acceptors (Lipinski definition) is 4. The molecule has 2 aromatic rings. The van der Waals surface area contributed by atoms with Crippen LogP contribution < -0.4 is 10.5 Å². The third kappa shape index (κ3) is 1.35. The summed E-state index contributed by atoms with van der Waals surface area (Å²) in [5, 5.41) is 3.30. The fraction of sp³-hybridized carbons (Fsp3) is 0.200. The average Bonchev–Trinajstić information content (AvgIpc) is 2.64. The molecule has 4 heteroatoms. The minimum Gasteiger partial charge on any atom is -0.495 e. The molecule has 0 fully saturated rings. The number of fused-ring (bicyclic) bond motifs is 1. The van der Waals surface area contributed by atoms with Gasteiger partial charge in [0.25, 0.3) is 0 Å². The Hall–Kier alpha value is -0.870. The smallest absolute Gasteiger partial charge is 0.144 e. The van der Waals surface area contributed by atoms with Crippen LogP contribution in [0, 0.1) is 0 Å². The van der Waals surface area contributed by atoms with E-state index in [1.165, 1.54) is 10.1 Å². The van der Waals surface area contributed by atoms with Crippen molar-refractivity contribution in [2.45, 2.75) is 4.90 Å². The maximum atomic E-state index is 5.99. The van der Waals surface area contributed by atoms with Gasteiger partial charge in [-0.05, 0) is 17.7 Å². The van der Waals surface area contributed by atoms with Crippen LogP contribution in [-0.2, 0) is 0 Å². The van der Waals surface area contributed by atoms with E-state index in [1.54, 1.807) is 30.2 Å². The Morgan fingerprint density at radius 2 is 2.29 bits per heavy atom. The molecule has 0 saturated carbocycles. The Morgan fingerprint density at radius 3 is 2.93 bits per heavy atom. The van der Waals surface area contributed by atoms with Crippen LogP contribution in [0.15, 0.2) is 22.4 Å². The summed E-state index contributed by atoms with van der Waals surface area (Å²) in [4.78, 5) is 1.11. The zero-order chi connectivity index (χ0) is 10.1. The summed E-state index contributed by atoms with van der Waals surface area (Å²) in [6.45, 7) is 0. The van der Waals surface area contributed by atoms with Crippen LogP contribution in [-0.4, -0.2) is 13.4 Å².